The molecule has 0 spiro atoms. The first-order valence-electron chi connectivity index (χ1n) is 10.1. The van der Waals surface area contributed by atoms with E-state index in [1.54, 1.807) is 12.1 Å². The molecule has 1 fully saturated rings. The molecule has 2 aromatic rings. The van der Waals surface area contributed by atoms with Crippen molar-refractivity contribution >= 4 is 19.3 Å². The second kappa shape index (κ2) is 9.38. The second-order valence-electron chi connectivity index (χ2n) is 8.48. The topological polar surface area (TPSA) is 56.8 Å². The molecule has 1 saturated heterocycles. The van der Waals surface area contributed by atoms with Crippen LogP contribution >= 0.6 is 0 Å². The van der Waals surface area contributed by atoms with E-state index in [4.69, 9.17) is 14.0 Å². The summed E-state index contributed by atoms with van der Waals surface area (Å²) < 4.78 is 59.3. The van der Waals surface area contributed by atoms with Crippen LogP contribution in [0.25, 0.3) is 6.08 Å². The number of rotatable bonds is 6. The van der Waals surface area contributed by atoms with Gasteiger partial charge >= 0.3 is 13.2 Å². The zero-order valence-electron chi connectivity index (χ0n) is 18.4. The van der Waals surface area contributed by atoms with Crippen molar-refractivity contribution in [1.82, 2.24) is 5.32 Å². The van der Waals surface area contributed by atoms with Crippen LogP contribution < -0.4 is 5.32 Å². The monoisotopic (exact) mass is 447 g/mol. The van der Waals surface area contributed by atoms with E-state index in [1.165, 1.54) is 0 Å². The van der Waals surface area contributed by atoms with Crippen LogP contribution in [0, 0.1) is 17.5 Å². The van der Waals surface area contributed by atoms with Gasteiger partial charge in [0.2, 0.25) is 0 Å². The van der Waals surface area contributed by atoms with E-state index in [9.17, 15) is 18.0 Å². The highest BCUT2D eigenvalue weighted by molar-refractivity contribution is 6.56. The molecule has 2 aromatic carbocycles. The number of hydrogen-bond acceptors (Lipinski definition) is 4. The summed E-state index contributed by atoms with van der Waals surface area (Å²) in [6.45, 7) is 7.12. The minimum absolute atomic E-state index is 0.0510. The van der Waals surface area contributed by atoms with Gasteiger partial charge in [-0.2, -0.15) is 0 Å². The van der Waals surface area contributed by atoms with Gasteiger partial charge in [-0.05, 0) is 50.9 Å². The Morgan fingerprint density at radius 3 is 2.22 bits per heavy atom. The van der Waals surface area contributed by atoms with E-state index >= 15 is 0 Å². The van der Waals surface area contributed by atoms with Crippen LogP contribution in [0.1, 0.15) is 38.8 Å². The van der Waals surface area contributed by atoms with Crippen LogP contribution in [0.2, 0.25) is 0 Å². The fourth-order valence-corrected chi connectivity index (χ4v) is 3.01. The lowest BCUT2D eigenvalue weighted by Gasteiger charge is -2.32. The zero-order chi connectivity index (χ0) is 23.5. The molecule has 9 heteroatoms. The molecule has 1 heterocycles. The summed E-state index contributed by atoms with van der Waals surface area (Å²) in [6, 6.07) is 10.6. The van der Waals surface area contributed by atoms with Gasteiger partial charge in [0.1, 0.15) is 12.4 Å². The van der Waals surface area contributed by atoms with Crippen molar-refractivity contribution in [2.45, 2.75) is 45.5 Å². The van der Waals surface area contributed by atoms with Crippen LogP contribution in [-0.2, 0) is 20.7 Å². The first kappa shape index (κ1) is 23.9. The average Bonchev–Trinajstić information content (AvgIpc) is 2.96. The lowest BCUT2D eigenvalue weighted by Crippen LogP contribution is -2.41. The Kier molecular flexibility index (Phi) is 7.00. The SMILES string of the molecule is CC1(C)OB(C(=Cc2c(F)ccc(F)c2F)CNC(=O)OCc2ccccc2)OC1(C)C. The number of nitrogens with one attached hydrogen (secondary N) is 1. The second-order valence-corrected chi connectivity index (χ2v) is 8.48. The first-order valence-corrected chi connectivity index (χ1v) is 10.1. The number of amides is 1. The number of carbonyl (C=O) groups is 1. The van der Waals surface area contributed by atoms with Crippen LogP contribution in [0.4, 0.5) is 18.0 Å². The molecule has 170 valence electrons. The molecule has 0 unspecified atom stereocenters. The van der Waals surface area contributed by atoms with E-state index in [1.807, 2.05) is 45.9 Å². The number of alkyl carbamates (subject to hydrolysis) is 1. The highest BCUT2D eigenvalue weighted by atomic mass is 19.2. The van der Waals surface area contributed by atoms with Crippen molar-refractivity contribution in [3.8, 4) is 0 Å². The maximum Gasteiger partial charge on any atom is 0.492 e. The van der Waals surface area contributed by atoms with Gasteiger partial charge in [0, 0.05) is 12.1 Å². The summed E-state index contributed by atoms with van der Waals surface area (Å²) in [4.78, 5) is 12.2. The predicted molar refractivity (Wildman–Crippen MR) is 115 cm³/mol. The molecule has 1 amide bonds. The lowest BCUT2D eigenvalue weighted by atomic mass is 9.77. The summed E-state index contributed by atoms with van der Waals surface area (Å²) in [6.07, 6.45) is 0.351. The quantitative estimate of drug-likeness (QED) is 0.498. The molecule has 0 atom stereocenters. The van der Waals surface area contributed by atoms with Gasteiger partial charge in [0.05, 0.1) is 11.2 Å². The molecule has 5 nitrogen and oxygen atoms in total. The predicted octanol–water partition coefficient (Wildman–Crippen LogP) is 5.05. The summed E-state index contributed by atoms with van der Waals surface area (Å²) in [5.74, 6) is -3.49. The fourth-order valence-electron chi connectivity index (χ4n) is 3.01. The van der Waals surface area contributed by atoms with Gasteiger partial charge in [-0.25, -0.2) is 18.0 Å². The van der Waals surface area contributed by atoms with E-state index in [0.29, 0.717) is 6.07 Å². The van der Waals surface area contributed by atoms with E-state index < -0.39 is 47.4 Å². The normalized spacial score (nSPS) is 17.3. The molecule has 0 radical (unpaired) electrons. The molecule has 0 bridgehead atoms. The minimum atomic E-state index is -1.34. The highest BCUT2D eigenvalue weighted by Crippen LogP contribution is 2.39. The standard InChI is InChI=1S/C23H25BF3NO4/c1-22(2)23(3,4)32-24(31-22)16(12-17-18(25)10-11-19(26)20(17)27)13-28-21(29)30-14-15-8-6-5-7-9-15/h5-12H,13-14H2,1-4H3,(H,28,29). The summed E-state index contributed by atoms with van der Waals surface area (Å²) in [5.41, 5.74) is -1.06. The number of ether oxygens (including phenoxy) is 1. The third-order valence-corrected chi connectivity index (χ3v) is 5.61. The van der Waals surface area contributed by atoms with Crippen LogP contribution in [-0.4, -0.2) is 31.0 Å². The Labute approximate surface area is 185 Å². The van der Waals surface area contributed by atoms with E-state index in [0.717, 1.165) is 17.7 Å². The molecule has 1 aliphatic rings. The fraction of sp³-hybridized carbons (Fsp3) is 0.348. The molecule has 32 heavy (non-hydrogen) atoms. The summed E-state index contributed by atoms with van der Waals surface area (Å²) >= 11 is 0. The smallest absolute Gasteiger partial charge is 0.445 e. The third kappa shape index (κ3) is 5.34. The summed E-state index contributed by atoms with van der Waals surface area (Å²) in [7, 11) is -1.02. The van der Waals surface area contributed by atoms with Gasteiger partial charge in [-0.1, -0.05) is 36.4 Å². The number of benzene rings is 2. The maximum atomic E-state index is 14.3. The number of hydrogen-bond donors (Lipinski definition) is 1. The molecule has 0 saturated carbocycles. The zero-order valence-corrected chi connectivity index (χ0v) is 18.4. The number of carbonyl (C=O) groups excluding carboxylic acids is 1. The molecule has 1 N–H and O–H groups in total. The minimum Gasteiger partial charge on any atom is -0.445 e. The Morgan fingerprint density at radius 2 is 1.59 bits per heavy atom. The maximum absolute atomic E-state index is 14.3. The molecular weight excluding hydrogens is 422 g/mol. The van der Waals surface area contributed by atoms with Gasteiger partial charge in [-0.15, -0.1) is 0 Å². The Hall–Kier alpha value is -2.78. The molecule has 3 rings (SSSR count). The van der Waals surface area contributed by atoms with Crippen molar-refractivity contribution < 1.29 is 32.0 Å². The average molecular weight is 447 g/mol. The van der Waals surface area contributed by atoms with Gasteiger partial charge in [-0.3, -0.25) is 0 Å². The van der Waals surface area contributed by atoms with Crippen molar-refractivity contribution in [1.29, 1.82) is 0 Å². The lowest BCUT2D eigenvalue weighted by molar-refractivity contribution is 0.00578. The van der Waals surface area contributed by atoms with Crippen LogP contribution in [0.5, 0.6) is 0 Å². The Bertz CT molecular complexity index is 996. The number of halogens is 3. The largest absolute Gasteiger partial charge is 0.492 e. The van der Waals surface area contributed by atoms with Crippen molar-refractivity contribution in [3.05, 3.63) is 76.5 Å². The third-order valence-electron chi connectivity index (χ3n) is 5.61. The van der Waals surface area contributed by atoms with Crippen molar-refractivity contribution in [3.63, 3.8) is 0 Å². The first-order chi connectivity index (χ1) is 15.0. The van der Waals surface area contributed by atoms with Crippen molar-refractivity contribution in [2.75, 3.05) is 6.54 Å². The Morgan fingerprint density at radius 1 is 1.00 bits per heavy atom. The molecule has 0 aliphatic carbocycles. The van der Waals surface area contributed by atoms with E-state index in [2.05, 4.69) is 5.32 Å². The van der Waals surface area contributed by atoms with E-state index in [-0.39, 0.29) is 18.6 Å². The summed E-state index contributed by atoms with van der Waals surface area (Å²) in [5, 5.41) is 2.53. The van der Waals surface area contributed by atoms with Crippen LogP contribution in [0.15, 0.2) is 47.9 Å². The molecule has 1 aliphatic heterocycles. The Balaban J connectivity index is 1.80. The molecular formula is C23H25BF3NO4. The van der Waals surface area contributed by atoms with Gasteiger partial charge in [0.15, 0.2) is 11.6 Å². The van der Waals surface area contributed by atoms with Gasteiger partial charge < -0.3 is 19.4 Å². The van der Waals surface area contributed by atoms with Gasteiger partial charge in [0.25, 0.3) is 0 Å². The van der Waals surface area contributed by atoms with Crippen molar-refractivity contribution in [2.24, 2.45) is 0 Å². The molecule has 0 aromatic heterocycles. The highest BCUT2D eigenvalue weighted by Gasteiger charge is 2.52. The van der Waals surface area contributed by atoms with Crippen LogP contribution in [0.3, 0.4) is 0 Å².